The van der Waals surface area contributed by atoms with Crippen LogP contribution in [0.5, 0.6) is 5.75 Å². The van der Waals surface area contributed by atoms with Gasteiger partial charge in [0.05, 0.1) is 11.4 Å². The molecular formula is C24H24ClN3O3S. The van der Waals surface area contributed by atoms with Gasteiger partial charge >= 0.3 is 0 Å². The zero-order valence-corrected chi connectivity index (χ0v) is 19.2. The molecule has 166 valence electrons. The maximum atomic E-state index is 13.4. The van der Waals surface area contributed by atoms with Gasteiger partial charge in [0.2, 0.25) is 9.84 Å². The van der Waals surface area contributed by atoms with Crippen molar-refractivity contribution >= 4 is 32.3 Å². The highest BCUT2D eigenvalue weighted by atomic mass is 35.5. The van der Waals surface area contributed by atoms with Gasteiger partial charge in [0.25, 0.3) is 0 Å². The molecule has 0 saturated heterocycles. The van der Waals surface area contributed by atoms with Crippen LogP contribution in [0.15, 0.2) is 82.7 Å². The number of ether oxygens (including phenoxy) is 1. The normalized spacial score (nSPS) is 11.7. The topological polar surface area (TPSA) is 73.2 Å². The van der Waals surface area contributed by atoms with Crippen molar-refractivity contribution in [1.29, 1.82) is 0 Å². The number of rotatable bonds is 9. The average Bonchev–Trinajstić information content (AvgIpc) is 3.17. The highest BCUT2D eigenvalue weighted by molar-refractivity contribution is 7.91. The first kappa shape index (κ1) is 22.3. The molecule has 0 atom stereocenters. The minimum Gasteiger partial charge on any atom is -0.490 e. The molecule has 0 spiro atoms. The van der Waals surface area contributed by atoms with Crippen LogP contribution in [0.4, 0.5) is 0 Å². The van der Waals surface area contributed by atoms with E-state index in [1.807, 2.05) is 31.2 Å². The van der Waals surface area contributed by atoms with E-state index in [2.05, 4.69) is 10.4 Å². The molecule has 3 aromatic carbocycles. The van der Waals surface area contributed by atoms with E-state index >= 15 is 0 Å². The Morgan fingerprint density at radius 2 is 1.81 bits per heavy atom. The van der Waals surface area contributed by atoms with Crippen molar-refractivity contribution in [3.8, 4) is 5.75 Å². The summed E-state index contributed by atoms with van der Waals surface area (Å²) in [4.78, 5) is 0.202. The Morgan fingerprint density at radius 1 is 1.03 bits per heavy atom. The molecule has 0 saturated carbocycles. The molecule has 8 heteroatoms. The lowest BCUT2D eigenvalue weighted by molar-refractivity contribution is 0.317. The molecule has 4 rings (SSSR count). The minimum absolute atomic E-state index is 0.0119. The summed E-state index contributed by atoms with van der Waals surface area (Å²) in [5.41, 5.74) is 1.55. The molecule has 4 aromatic rings. The zero-order valence-electron chi connectivity index (χ0n) is 17.7. The molecule has 1 heterocycles. The molecule has 0 radical (unpaired) electrons. The molecule has 32 heavy (non-hydrogen) atoms. The second-order valence-electron chi connectivity index (χ2n) is 7.26. The van der Waals surface area contributed by atoms with Gasteiger partial charge in [-0.2, -0.15) is 5.10 Å². The number of aromatic nitrogens is 2. The van der Waals surface area contributed by atoms with Crippen molar-refractivity contribution in [2.75, 3.05) is 19.7 Å². The summed E-state index contributed by atoms with van der Waals surface area (Å²) in [7, 11) is -3.82. The third-order valence-electron chi connectivity index (χ3n) is 5.01. The van der Waals surface area contributed by atoms with Crippen molar-refractivity contribution in [1.82, 2.24) is 15.1 Å². The van der Waals surface area contributed by atoms with Crippen LogP contribution in [-0.4, -0.2) is 37.9 Å². The Morgan fingerprint density at radius 3 is 2.56 bits per heavy atom. The van der Waals surface area contributed by atoms with Crippen molar-refractivity contribution < 1.29 is 13.2 Å². The quantitative estimate of drug-likeness (QED) is 0.364. The number of fused-ring (bicyclic) bond motifs is 1. The highest BCUT2D eigenvalue weighted by Gasteiger charge is 2.27. The first-order valence-electron chi connectivity index (χ1n) is 10.4. The smallest absolute Gasteiger partial charge is 0.226 e. The maximum absolute atomic E-state index is 13.4. The number of hydrogen-bond donors (Lipinski definition) is 1. The van der Waals surface area contributed by atoms with Gasteiger partial charge in [0.15, 0.2) is 5.03 Å². The molecule has 0 bridgehead atoms. The Balaban J connectivity index is 1.84. The monoisotopic (exact) mass is 469 g/mol. The molecular weight excluding hydrogens is 446 g/mol. The Kier molecular flexibility index (Phi) is 6.79. The number of para-hydroxylation sites is 1. The van der Waals surface area contributed by atoms with Crippen molar-refractivity contribution in [2.45, 2.75) is 23.4 Å². The van der Waals surface area contributed by atoms with E-state index in [-0.39, 0.29) is 9.92 Å². The summed E-state index contributed by atoms with van der Waals surface area (Å²) in [6.07, 6.45) is 0. The summed E-state index contributed by atoms with van der Waals surface area (Å²) in [6, 6.07) is 21.2. The lowest BCUT2D eigenvalue weighted by atomic mass is 10.2. The molecule has 1 N–H and O–H groups in total. The zero-order chi connectivity index (χ0) is 22.6. The molecule has 0 aliphatic carbocycles. The molecule has 0 fully saturated rings. The number of hydrogen-bond acceptors (Lipinski definition) is 5. The lowest BCUT2D eigenvalue weighted by Crippen LogP contribution is -2.20. The number of halogens is 1. The lowest BCUT2D eigenvalue weighted by Gasteiger charge is -2.10. The number of nitrogens with one attached hydrogen (secondary N) is 1. The van der Waals surface area contributed by atoms with Gasteiger partial charge in [0, 0.05) is 17.0 Å². The van der Waals surface area contributed by atoms with E-state index in [1.54, 1.807) is 53.2 Å². The molecule has 6 nitrogen and oxygen atoms in total. The molecule has 0 aliphatic heterocycles. The van der Waals surface area contributed by atoms with E-state index in [1.165, 1.54) is 0 Å². The van der Waals surface area contributed by atoms with Crippen LogP contribution in [0.2, 0.25) is 5.02 Å². The fourth-order valence-corrected chi connectivity index (χ4v) is 5.15. The van der Waals surface area contributed by atoms with Gasteiger partial charge in [-0.15, -0.1) is 0 Å². The first-order valence-corrected chi connectivity index (χ1v) is 12.2. The van der Waals surface area contributed by atoms with E-state index < -0.39 is 9.84 Å². The molecule has 0 amide bonds. The molecule has 1 aromatic heterocycles. The number of nitrogens with zero attached hydrogens (tertiary/aromatic N) is 2. The standard InChI is InChI=1S/C24H24ClN3O3S/c1-2-26-14-15-31-22-13-7-12-21-23(22)28(17-18-8-6-9-19(25)16-18)27-24(21)32(29,30)20-10-4-3-5-11-20/h3-13,16,26H,2,14-15,17H2,1H3. The third kappa shape index (κ3) is 4.65. The fraction of sp³-hybridized carbons (Fsp3) is 0.208. The predicted molar refractivity (Wildman–Crippen MR) is 126 cm³/mol. The van der Waals surface area contributed by atoms with Crippen LogP contribution in [0.25, 0.3) is 10.9 Å². The maximum Gasteiger partial charge on any atom is 0.226 e. The number of benzene rings is 3. The minimum atomic E-state index is -3.82. The van der Waals surface area contributed by atoms with Crippen molar-refractivity contribution in [2.24, 2.45) is 0 Å². The second kappa shape index (κ2) is 9.73. The number of sulfone groups is 1. The largest absolute Gasteiger partial charge is 0.490 e. The summed E-state index contributed by atoms with van der Waals surface area (Å²) in [6.45, 7) is 4.37. The van der Waals surface area contributed by atoms with Crippen LogP contribution >= 0.6 is 11.6 Å². The highest BCUT2D eigenvalue weighted by Crippen LogP contribution is 2.33. The number of likely N-dealkylation sites (N-methyl/N-ethyl adjacent to an activating group) is 1. The Hall–Kier alpha value is -2.87. The van der Waals surface area contributed by atoms with E-state index in [0.717, 1.165) is 12.1 Å². The van der Waals surface area contributed by atoms with Crippen LogP contribution < -0.4 is 10.1 Å². The van der Waals surface area contributed by atoms with Crippen LogP contribution in [-0.2, 0) is 16.4 Å². The predicted octanol–water partition coefficient (Wildman–Crippen LogP) is 4.56. The van der Waals surface area contributed by atoms with Crippen LogP contribution in [0.3, 0.4) is 0 Å². The van der Waals surface area contributed by atoms with E-state index in [0.29, 0.717) is 41.4 Å². The van der Waals surface area contributed by atoms with Crippen molar-refractivity contribution in [3.05, 3.63) is 83.4 Å². The third-order valence-corrected chi connectivity index (χ3v) is 6.95. The summed E-state index contributed by atoms with van der Waals surface area (Å²) in [5, 5.41) is 8.92. The van der Waals surface area contributed by atoms with Gasteiger partial charge < -0.3 is 10.1 Å². The summed E-state index contributed by atoms with van der Waals surface area (Å²) < 4.78 is 34.6. The first-order chi connectivity index (χ1) is 15.5. The van der Waals surface area contributed by atoms with E-state index in [9.17, 15) is 8.42 Å². The van der Waals surface area contributed by atoms with Gasteiger partial charge in [-0.3, -0.25) is 4.68 Å². The van der Waals surface area contributed by atoms with Crippen LogP contribution in [0, 0.1) is 0 Å². The summed E-state index contributed by atoms with van der Waals surface area (Å²) >= 11 is 6.16. The SMILES string of the molecule is CCNCCOc1cccc2c(S(=O)(=O)c3ccccc3)nn(Cc3cccc(Cl)c3)c12. The second-order valence-corrected chi connectivity index (χ2v) is 9.56. The van der Waals surface area contributed by atoms with Gasteiger partial charge in [0.1, 0.15) is 17.9 Å². The van der Waals surface area contributed by atoms with Crippen molar-refractivity contribution in [3.63, 3.8) is 0 Å². The van der Waals surface area contributed by atoms with E-state index in [4.69, 9.17) is 16.3 Å². The fourth-order valence-electron chi connectivity index (χ4n) is 3.53. The van der Waals surface area contributed by atoms with Gasteiger partial charge in [-0.25, -0.2) is 8.42 Å². The molecule has 0 unspecified atom stereocenters. The van der Waals surface area contributed by atoms with Crippen LogP contribution in [0.1, 0.15) is 12.5 Å². The van der Waals surface area contributed by atoms with Gasteiger partial charge in [-0.05, 0) is 48.5 Å². The average molecular weight is 470 g/mol. The molecule has 0 aliphatic rings. The Bertz CT molecular complexity index is 1320. The van der Waals surface area contributed by atoms with Gasteiger partial charge in [-0.1, -0.05) is 54.9 Å². The summed E-state index contributed by atoms with van der Waals surface area (Å²) in [5.74, 6) is 0.587. The Labute approximate surface area is 192 Å².